The summed E-state index contributed by atoms with van der Waals surface area (Å²) in [6.07, 6.45) is 1.49. The SMILES string of the molecule is COc1cccc(/C=C2\C(=O)c3ccc(C(=O)O)cc3C2=O)c1. The van der Waals surface area contributed by atoms with Crippen LogP contribution in [-0.2, 0) is 0 Å². The molecular weight excluding hydrogens is 296 g/mol. The maximum absolute atomic E-state index is 12.4. The van der Waals surface area contributed by atoms with Crippen molar-refractivity contribution < 1.29 is 24.2 Å². The molecule has 1 N–H and O–H groups in total. The third-order valence-corrected chi connectivity index (χ3v) is 3.65. The lowest BCUT2D eigenvalue weighted by molar-refractivity contribution is 0.0696. The molecule has 1 aliphatic carbocycles. The highest BCUT2D eigenvalue weighted by Gasteiger charge is 2.33. The van der Waals surface area contributed by atoms with Gasteiger partial charge in [0.2, 0.25) is 0 Å². The van der Waals surface area contributed by atoms with Gasteiger partial charge in [-0.2, -0.15) is 0 Å². The van der Waals surface area contributed by atoms with Crippen LogP contribution < -0.4 is 4.74 Å². The first-order valence-electron chi connectivity index (χ1n) is 6.84. The molecule has 23 heavy (non-hydrogen) atoms. The fourth-order valence-corrected chi connectivity index (χ4v) is 2.49. The Labute approximate surface area is 131 Å². The number of fused-ring (bicyclic) bond motifs is 1. The number of methoxy groups -OCH3 is 1. The number of ketones is 2. The molecule has 0 atom stereocenters. The van der Waals surface area contributed by atoms with Gasteiger partial charge in [-0.05, 0) is 42.0 Å². The summed E-state index contributed by atoms with van der Waals surface area (Å²) >= 11 is 0. The number of allylic oxidation sites excluding steroid dienone is 1. The zero-order valence-electron chi connectivity index (χ0n) is 12.2. The minimum Gasteiger partial charge on any atom is -0.497 e. The molecule has 0 heterocycles. The fraction of sp³-hybridized carbons (Fsp3) is 0.0556. The van der Waals surface area contributed by atoms with Crippen molar-refractivity contribution in [3.8, 4) is 5.75 Å². The predicted octanol–water partition coefficient (Wildman–Crippen LogP) is 2.86. The second-order valence-corrected chi connectivity index (χ2v) is 5.06. The highest BCUT2D eigenvalue weighted by molar-refractivity contribution is 6.41. The van der Waals surface area contributed by atoms with E-state index in [0.29, 0.717) is 11.3 Å². The normalized spacial score (nSPS) is 14.9. The smallest absolute Gasteiger partial charge is 0.335 e. The second kappa shape index (κ2) is 5.53. The molecule has 0 saturated heterocycles. The van der Waals surface area contributed by atoms with Crippen LogP contribution in [-0.4, -0.2) is 29.8 Å². The Morgan fingerprint density at radius 3 is 2.48 bits per heavy atom. The van der Waals surface area contributed by atoms with E-state index in [2.05, 4.69) is 0 Å². The van der Waals surface area contributed by atoms with Crippen molar-refractivity contribution in [3.63, 3.8) is 0 Å². The van der Waals surface area contributed by atoms with E-state index >= 15 is 0 Å². The summed E-state index contributed by atoms with van der Waals surface area (Å²) in [6.45, 7) is 0. The van der Waals surface area contributed by atoms with Crippen molar-refractivity contribution in [2.45, 2.75) is 0 Å². The zero-order valence-corrected chi connectivity index (χ0v) is 12.2. The Morgan fingerprint density at radius 2 is 1.78 bits per heavy atom. The largest absolute Gasteiger partial charge is 0.497 e. The van der Waals surface area contributed by atoms with Gasteiger partial charge in [0.05, 0.1) is 18.2 Å². The van der Waals surface area contributed by atoms with Crippen LogP contribution in [0, 0.1) is 0 Å². The van der Waals surface area contributed by atoms with Crippen molar-refractivity contribution in [1.29, 1.82) is 0 Å². The van der Waals surface area contributed by atoms with Crippen LogP contribution in [0.2, 0.25) is 0 Å². The molecule has 2 aromatic rings. The third-order valence-electron chi connectivity index (χ3n) is 3.65. The van der Waals surface area contributed by atoms with E-state index < -0.39 is 17.5 Å². The predicted molar refractivity (Wildman–Crippen MR) is 83.0 cm³/mol. The molecule has 0 unspecified atom stereocenters. The maximum atomic E-state index is 12.4. The van der Waals surface area contributed by atoms with Crippen molar-refractivity contribution in [3.05, 3.63) is 70.3 Å². The number of carboxylic acid groups (broad SMARTS) is 1. The maximum Gasteiger partial charge on any atom is 0.335 e. The summed E-state index contributed by atoms with van der Waals surface area (Å²) in [7, 11) is 1.53. The summed E-state index contributed by atoms with van der Waals surface area (Å²) < 4.78 is 5.11. The van der Waals surface area contributed by atoms with Gasteiger partial charge in [-0.25, -0.2) is 4.79 Å². The lowest BCUT2D eigenvalue weighted by atomic mass is 10.1. The number of hydrogen-bond acceptors (Lipinski definition) is 4. The van der Waals surface area contributed by atoms with E-state index in [0.717, 1.165) is 0 Å². The molecular formula is C18H12O5. The first-order chi connectivity index (χ1) is 11.0. The van der Waals surface area contributed by atoms with Gasteiger partial charge < -0.3 is 9.84 Å². The molecule has 0 radical (unpaired) electrons. The van der Waals surface area contributed by atoms with E-state index in [4.69, 9.17) is 9.84 Å². The summed E-state index contributed by atoms with van der Waals surface area (Å²) in [5.41, 5.74) is 1.02. The number of carboxylic acids is 1. The Balaban J connectivity index is 2.05. The molecule has 5 heteroatoms. The summed E-state index contributed by atoms with van der Waals surface area (Å²) in [6, 6.07) is 10.9. The Morgan fingerprint density at radius 1 is 1.04 bits per heavy atom. The van der Waals surface area contributed by atoms with E-state index in [1.807, 2.05) is 0 Å². The van der Waals surface area contributed by atoms with E-state index in [-0.39, 0.29) is 22.3 Å². The number of carbonyl (C=O) groups is 3. The summed E-state index contributed by atoms with van der Waals surface area (Å²) in [4.78, 5) is 35.8. The monoisotopic (exact) mass is 308 g/mol. The molecule has 0 spiro atoms. The van der Waals surface area contributed by atoms with Gasteiger partial charge in [-0.15, -0.1) is 0 Å². The first kappa shape index (κ1) is 14.7. The number of carbonyl (C=O) groups excluding carboxylic acids is 2. The average Bonchev–Trinajstić information content (AvgIpc) is 2.79. The van der Waals surface area contributed by atoms with Gasteiger partial charge >= 0.3 is 5.97 Å². The van der Waals surface area contributed by atoms with Crippen molar-refractivity contribution in [2.75, 3.05) is 7.11 Å². The highest BCUT2D eigenvalue weighted by atomic mass is 16.5. The molecule has 0 amide bonds. The fourth-order valence-electron chi connectivity index (χ4n) is 2.49. The zero-order chi connectivity index (χ0) is 16.6. The van der Waals surface area contributed by atoms with Gasteiger partial charge in [0.1, 0.15) is 5.75 Å². The van der Waals surface area contributed by atoms with Gasteiger partial charge in [-0.1, -0.05) is 12.1 Å². The Hall–Kier alpha value is -3.21. The topological polar surface area (TPSA) is 80.7 Å². The quantitative estimate of drug-likeness (QED) is 0.696. The molecule has 0 fully saturated rings. The number of Topliss-reactive ketones (excluding diaryl/α,β-unsaturated/α-hetero) is 2. The van der Waals surface area contributed by atoms with Crippen LogP contribution in [0.15, 0.2) is 48.0 Å². The van der Waals surface area contributed by atoms with E-state index in [1.165, 1.54) is 31.4 Å². The van der Waals surface area contributed by atoms with Crippen LogP contribution in [0.5, 0.6) is 5.75 Å². The molecule has 0 aliphatic heterocycles. The Bertz CT molecular complexity index is 877. The van der Waals surface area contributed by atoms with Crippen LogP contribution in [0.4, 0.5) is 0 Å². The van der Waals surface area contributed by atoms with Crippen molar-refractivity contribution in [2.24, 2.45) is 0 Å². The van der Waals surface area contributed by atoms with Gasteiger partial charge in [0.15, 0.2) is 11.6 Å². The number of benzene rings is 2. The molecule has 0 bridgehead atoms. The highest BCUT2D eigenvalue weighted by Crippen LogP contribution is 2.29. The van der Waals surface area contributed by atoms with Crippen LogP contribution in [0.1, 0.15) is 36.6 Å². The number of ether oxygens (including phenoxy) is 1. The van der Waals surface area contributed by atoms with E-state index in [1.54, 1.807) is 24.3 Å². The minimum absolute atomic E-state index is 0.0208. The Kier molecular flexibility index (Phi) is 3.54. The summed E-state index contributed by atoms with van der Waals surface area (Å²) in [5, 5.41) is 9.00. The average molecular weight is 308 g/mol. The number of aromatic carboxylic acids is 1. The van der Waals surface area contributed by atoms with Crippen LogP contribution >= 0.6 is 0 Å². The molecule has 3 rings (SSSR count). The minimum atomic E-state index is -1.14. The molecule has 1 aliphatic rings. The molecule has 5 nitrogen and oxygen atoms in total. The number of hydrogen-bond donors (Lipinski definition) is 1. The number of rotatable bonds is 3. The molecule has 2 aromatic carbocycles. The van der Waals surface area contributed by atoms with E-state index in [9.17, 15) is 14.4 Å². The molecule has 114 valence electrons. The lowest BCUT2D eigenvalue weighted by Gasteiger charge is -2.01. The molecule has 0 saturated carbocycles. The van der Waals surface area contributed by atoms with Crippen LogP contribution in [0.25, 0.3) is 6.08 Å². The van der Waals surface area contributed by atoms with Gasteiger partial charge in [0.25, 0.3) is 0 Å². The van der Waals surface area contributed by atoms with Crippen molar-refractivity contribution in [1.82, 2.24) is 0 Å². The van der Waals surface area contributed by atoms with Gasteiger partial charge in [0, 0.05) is 11.1 Å². The van der Waals surface area contributed by atoms with Gasteiger partial charge in [-0.3, -0.25) is 9.59 Å². The summed E-state index contributed by atoms with van der Waals surface area (Å²) in [5.74, 6) is -1.39. The second-order valence-electron chi connectivity index (χ2n) is 5.06. The van der Waals surface area contributed by atoms with Crippen LogP contribution in [0.3, 0.4) is 0 Å². The molecule has 0 aromatic heterocycles. The van der Waals surface area contributed by atoms with Crippen molar-refractivity contribution >= 4 is 23.6 Å². The third kappa shape index (κ3) is 2.53. The standard InChI is InChI=1S/C18H12O5/c1-23-12-4-2-3-10(7-12)8-15-16(19)13-6-5-11(18(21)22)9-14(13)17(15)20/h2-9H,1H3,(H,21,22)/b15-8+. The lowest BCUT2D eigenvalue weighted by Crippen LogP contribution is -2.01. The first-order valence-corrected chi connectivity index (χ1v) is 6.84.